The molecule has 88 valence electrons. The van der Waals surface area contributed by atoms with Gasteiger partial charge in [0.15, 0.2) is 0 Å². The average Bonchev–Trinajstić information content (AvgIpc) is 2.12. The van der Waals surface area contributed by atoms with Crippen LogP contribution < -0.4 is 5.32 Å². The number of carboxylic acids is 1. The summed E-state index contributed by atoms with van der Waals surface area (Å²) in [7, 11) is 0. The summed E-state index contributed by atoms with van der Waals surface area (Å²) in [6.07, 6.45) is 1.30. The van der Waals surface area contributed by atoms with Crippen molar-refractivity contribution in [2.24, 2.45) is 5.92 Å². The summed E-state index contributed by atoms with van der Waals surface area (Å²) in [5, 5.41) is 11.3. The maximum absolute atomic E-state index is 11.3. The lowest BCUT2D eigenvalue weighted by Gasteiger charge is -2.16. The van der Waals surface area contributed by atoms with E-state index in [9.17, 15) is 9.59 Å². The maximum Gasteiger partial charge on any atom is 0.326 e. The maximum atomic E-state index is 11.3. The van der Waals surface area contributed by atoms with E-state index in [1.165, 1.54) is 0 Å². The summed E-state index contributed by atoms with van der Waals surface area (Å²) in [5.41, 5.74) is 0. The summed E-state index contributed by atoms with van der Waals surface area (Å²) < 4.78 is 0. The molecule has 0 saturated carbocycles. The standard InChI is InChI=1S/C10H18ClNO3/c1-7(2)6-8(10(14)15)12-9(13)4-3-5-11/h7-8H,3-6H2,1-2H3,(H,12,13)(H,14,15)/t8-/m0/s1. The molecule has 0 aromatic heterocycles. The largest absolute Gasteiger partial charge is 0.480 e. The molecule has 15 heavy (non-hydrogen) atoms. The second kappa shape index (κ2) is 7.51. The number of carboxylic acid groups (broad SMARTS) is 1. The molecule has 0 aliphatic rings. The molecule has 0 aromatic carbocycles. The van der Waals surface area contributed by atoms with E-state index in [1.807, 2.05) is 13.8 Å². The molecular weight excluding hydrogens is 218 g/mol. The zero-order valence-corrected chi connectivity index (χ0v) is 9.88. The quantitative estimate of drug-likeness (QED) is 0.659. The minimum Gasteiger partial charge on any atom is -0.480 e. The summed E-state index contributed by atoms with van der Waals surface area (Å²) in [6, 6.07) is -0.784. The number of carbonyl (C=O) groups is 2. The van der Waals surface area contributed by atoms with Crippen LogP contribution in [0.5, 0.6) is 0 Å². The van der Waals surface area contributed by atoms with Gasteiger partial charge in [0.25, 0.3) is 0 Å². The molecule has 0 bridgehead atoms. The van der Waals surface area contributed by atoms with Gasteiger partial charge in [-0.05, 0) is 18.8 Å². The first-order valence-corrected chi connectivity index (χ1v) is 5.59. The molecule has 1 amide bonds. The topological polar surface area (TPSA) is 66.4 Å². The van der Waals surface area contributed by atoms with Crippen molar-refractivity contribution in [2.75, 3.05) is 5.88 Å². The lowest BCUT2D eigenvalue weighted by Crippen LogP contribution is -2.41. The predicted molar refractivity (Wildman–Crippen MR) is 59.0 cm³/mol. The van der Waals surface area contributed by atoms with Gasteiger partial charge < -0.3 is 10.4 Å². The van der Waals surface area contributed by atoms with Crippen LogP contribution in [0.4, 0.5) is 0 Å². The molecule has 0 spiro atoms. The highest BCUT2D eigenvalue weighted by atomic mass is 35.5. The van der Waals surface area contributed by atoms with E-state index >= 15 is 0 Å². The molecule has 0 aliphatic carbocycles. The Morgan fingerprint density at radius 1 is 1.40 bits per heavy atom. The van der Waals surface area contributed by atoms with Crippen molar-refractivity contribution < 1.29 is 14.7 Å². The number of amides is 1. The van der Waals surface area contributed by atoms with Crippen molar-refractivity contribution in [3.8, 4) is 0 Å². The summed E-state index contributed by atoms with van der Waals surface area (Å²) in [6.45, 7) is 3.84. The fraction of sp³-hybridized carbons (Fsp3) is 0.800. The van der Waals surface area contributed by atoms with Gasteiger partial charge in [0, 0.05) is 12.3 Å². The third kappa shape index (κ3) is 7.19. The van der Waals surface area contributed by atoms with E-state index in [4.69, 9.17) is 16.7 Å². The Hall–Kier alpha value is -0.770. The molecule has 0 rings (SSSR count). The molecule has 5 heteroatoms. The van der Waals surface area contributed by atoms with E-state index in [0.29, 0.717) is 18.7 Å². The SMILES string of the molecule is CC(C)C[C@H](NC(=O)CCCCl)C(=O)O. The van der Waals surface area contributed by atoms with Crippen LogP contribution in [0.25, 0.3) is 0 Å². The van der Waals surface area contributed by atoms with Crippen LogP contribution in [0, 0.1) is 5.92 Å². The lowest BCUT2D eigenvalue weighted by atomic mass is 10.0. The molecule has 2 N–H and O–H groups in total. The smallest absolute Gasteiger partial charge is 0.326 e. The number of nitrogens with one attached hydrogen (secondary N) is 1. The Kier molecular flexibility index (Phi) is 7.13. The minimum absolute atomic E-state index is 0.236. The molecule has 0 aromatic rings. The predicted octanol–water partition coefficient (Wildman–Crippen LogP) is 1.62. The molecule has 1 atom stereocenters. The van der Waals surface area contributed by atoms with E-state index < -0.39 is 12.0 Å². The van der Waals surface area contributed by atoms with E-state index in [1.54, 1.807) is 0 Å². The third-order valence-corrected chi connectivity index (χ3v) is 2.15. The number of alkyl halides is 1. The highest BCUT2D eigenvalue weighted by Gasteiger charge is 2.20. The van der Waals surface area contributed by atoms with Gasteiger partial charge in [-0.1, -0.05) is 13.8 Å². The molecule has 0 saturated heterocycles. The number of aliphatic carboxylic acids is 1. The highest BCUT2D eigenvalue weighted by Crippen LogP contribution is 2.05. The number of halogens is 1. The van der Waals surface area contributed by atoms with Gasteiger partial charge in [-0.15, -0.1) is 11.6 Å². The van der Waals surface area contributed by atoms with Crippen LogP contribution in [0.2, 0.25) is 0 Å². The van der Waals surface area contributed by atoms with Crippen LogP contribution in [-0.4, -0.2) is 28.9 Å². The van der Waals surface area contributed by atoms with Gasteiger partial charge in [-0.25, -0.2) is 4.79 Å². The molecule has 0 heterocycles. The Morgan fingerprint density at radius 3 is 2.40 bits per heavy atom. The van der Waals surface area contributed by atoms with E-state index in [0.717, 1.165) is 0 Å². The Labute approximate surface area is 95.0 Å². The summed E-state index contributed by atoms with van der Waals surface area (Å²) >= 11 is 5.43. The van der Waals surface area contributed by atoms with Crippen molar-refractivity contribution in [2.45, 2.75) is 39.2 Å². The summed E-state index contributed by atoms with van der Waals surface area (Å²) in [5.74, 6) is -0.582. The number of rotatable bonds is 7. The van der Waals surface area contributed by atoms with Gasteiger partial charge in [-0.3, -0.25) is 4.79 Å². The molecule has 0 unspecified atom stereocenters. The van der Waals surface area contributed by atoms with Gasteiger partial charge in [-0.2, -0.15) is 0 Å². The second-order valence-electron chi connectivity index (χ2n) is 3.88. The number of hydrogen-bond acceptors (Lipinski definition) is 2. The van der Waals surface area contributed by atoms with Crippen LogP contribution in [0.3, 0.4) is 0 Å². The minimum atomic E-state index is -0.983. The van der Waals surface area contributed by atoms with Crippen LogP contribution in [-0.2, 0) is 9.59 Å². The van der Waals surface area contributed by atoms with Crippen molar-refractivity contribution in [1.29, 1.82) is 0 Å². The number of hydrogen-bond donors (Lipinski definition) is 2. The van der Waals surface area contributed by atoms with Crippen LogP contribution in [0.15, 0.2) is 0 Å². The first kappa shape index (κ1) is 14.2. The first-order chi connectivity index (χ1) is 6.97. The van der Waals surface area contributed by atoms with Crippen molar-refractivity contribution in [3.05, 3.63) is 0 Å². The zero-order valence-electron chi connectivity index (χ0n) is 9.12. The first-order valence-electron chi connectivity index (χ1n) is 5.05. The fourth-order valence-corrected chi connectivity index (χ4v) is 1.32. The van der Waals surface area contributed by atoms with Gasteiger partial charge in [0.05, 0.1) is 0 Å². The van der Waals surface area contributed by atoms with Gasteiger partial charge in [0.2, 0.25) is 5.91 Å². The Balaban J connectivity index is 4.05. The fourth-order valence-electron chi connectivity index (χ4n) is 1.19. The monoisotopic (exact) mass is 235 g/mol. The van der Waals surface area contributed by atoms with Crippen LogP contribution >= 0.6 is 11.6 Å². The molecule has 0 radical (unpaired) electrons. The van der Waals surface area contributed by atoms with E-state index in [2.05, 4.69) is 5.32 Å². The van der Waals surface area contributed by atoms with Gasteiger partial charge in [0.1, 0.15) is 6.04 Å². The summed E-state index contributed by atoms with van der Waals surface area (Å²) in [4.78, 5) is 22.1. The molecule has 0 aliphatic heterocycles. The second-order valence-corrected chi connectivity index (χ2v) is 4.26. The lowest BCUT2D eigenvalue weighted by molar-refractivity contribution is -0.142. The third-order valence-electron chi connectivity index (χ3n) is 1.88. The van der Waals surface area contributed by atoms with E-state index in [-0.39, 0.29) is 18.2 Å². The highest BCUT2D eigenvalue weighted by molar-refractivity contribution is 6.17. The average molecular weight is 236 g/mol. The van der Waals surface area contributed by atoms with Crippen LogP contribution in [0.1, 0.15) is 33.1 Å². The Bertz CT molecular complexity index is 219. The van der Waals surface area contributed by atoms with Crippen molar-refractivity contribution in [3.63, 3.8) is 0 Å². The van der Waals surface area contributed by atoms with Gasteiger partial charge >= 0.3 is 5.97 Å². The molecule has 0 fully saturated rings. The molecule has 4 nitrogen and oxygen atoms in total. The molecular formula is C10H18ClNO3. The Morgan fingerprint density at radius 2 is 2.00 bits per heavy atom. The van der Waals surface area contributed by atoms with Crippen molar-refractivity contribution in [1.82, 2.24) is 5.32 Å². The number of carbonyl (C=O) groups excluding carboxylic acids is 1. The zero-order chi connectivity index (χ0) is 11.8. The normalized spacial score (nSPS) is 12.5. The van der Waals surface area contributed by atoms with Crippen molar-refractivity contribution >= 4 is 23.5 Å².